The summed E-state index contributed by atoms with van der Waals surface area (Å²) in [5, 5.41) is 0.839. The summed E-state index contributed by atoms with van der Waals surface area (Å²) >= 11 is 0. The van der Waals surface area contributed by atoms with E-state index in [1.165, 1.54) is 16.4 Å². The van der Waals surface area contributed by atoms with Gasteiger partial charge in [0.25, 0.3) is 5.56 Å². The van der Waals surface area contributed by atoms with E-state index in [1.807, 2.05) is 25.1 Å². The Labute approximate surface area is 209 Å². The minimum Gasteiger partial charge on any atom is -0.497 e. The number of benzene rings is 3. The van der Waals surface area contributed by atoms with Gasteiger partial charge in [-0.2, -0.15) is 4.31 Å². The molecule has 0 fully saturated rings. The van der Waals surface area contributed by atoms with Gasteiger partial charge >= 0.3 is 0 Å². The van der Waals surface area contributed by atoms with Crippen LogP contribution in [0.25, 0.3) is 10.9 Å². The first-order chi connectivity index (χ1) is 17.3. The number of aromatic amines is 1. The maximum atomic E-state index is 13.9. The third kappa shape index (κ3) is 4.80. The van der Waals surface area contributed by atoms with Crippen LogP contribution in [0.2, 0.25) is 0 Å². The first-order valence-electron chi connectivity index (χ1n) is 11.5. The molecule has 1 aliphatic heterocycles. The van der Waals surface area contributed by atoms with Gasteiger partial charge in [-0.25, -0.2) is 8.42 Å². The Morgan fingerprint density at radius 3 is 2.42 bits per heavy atom. The largest absolute Gasteiger partial charge is 0.497 e. The molecular formula is C27H26N2O6S. The molecule has 1 N–H and O–H groups in total. The molecule has 9 heteroatoms. The van der Waals surface area contributed by atoms with E-state index in [4.69, 9.17) is 14.2 Å². The van der Waals surface area contributed by atoms with Crippen molar-refractivity contribution in [3.8, 4) is 17.2 Å². The lowest BCUT2D eigenvalue weighted by atomic mass is 10.1. The van der Waals surface area contributed by atoms with Crippen molar-refractivity contribution in [1.82, 2.24) is 9.29 Å². The van der Waals surface area contributed by atoms with Crippen molar-refractivity contribution >= 4 is 20.9 Å². The van der Waals surface area contributed by atoms with Crippen LogP contribution in [0.15, 0.2) is 76.4 Å². The van der Waals surface area contributed by atoms with Crippen molar-refractivity contribution in [3.05, 3.63) is 93.8 Å². The predicted octanol–water partition coefficient (Wildman–Crippen LogP) is 4.01. The van der Waals surface area contributed by atoms with Gasteiger partial charge in [0.05, 0.1) is 12.0 Å². The number of nitrogens with zero attached hydrogens (tertiary/aromatic N) is 1. The third-order valence-electron chi connectivity index (χ3n) is 6.09. The van der Waals surface area contributed by atoms with Gasteiger partial charge in [-0.15, -0.1) is 0 Å². The van der Waals surface area contributed by atoms with Crippen LogP contribution in [0.1, 0.15) is 16.7 Å². The third-order valence-corrected chi connectivity index (χ3v) is 7.88. The molecule has 0 bridgehead atoms. The molecule has 5 rings (SSSR count). The lowest BCUT2D eigenvalue weighted by Crippen LogP contribution is -2.32. The van der Waals surface area contributed by atoms with Gasteiger partial charge < -0.3 is 19.2 Å². The average molecular weight is 507 g/mol. The van der Waals surface area contributed by atoms with E-state index >= 15 is 0 Å². The molecule has 0 unspecified atom stereocenters. The molecule has 0 spiro atoms. The van der Waals surface area contributed by atoms with Gasteiger partial charge in [0.15, 0.2) is 11.5 Å². The van der Waals surface area contributed by atoms with Crippen molar-refractivity contribution in [2.75, 3.05) is 20.3 Å². The molecule has 8 nitrogen and oxygen atoms in total. The Kier molecular flexibility index (Phi) is 6.42. The number of sulfonamides is 1. The molecule has 3 aromatic carbocycles. The van der Waals surface area contributed by atoms with Crippen molar-refractivity contribution in [2.45, 2.75) is 24.9 Å². The molecule has 4 aromatic rings. The van der Waals surface area contributed by atoms with Gasteiger partial charge in [-0.3, -0.25) is 4.79 Å². The van der Waals surface area contributed by atoms with Crippen LogP contribution in [0.4, 0.5) is 0 Å². The minimum absolute atomic E-state index is 0.0616. The number of ether oxygens (including phenoxy) is 3. The number of hydrogen-bond acceptors (Lipinski definition) is 6. The Morgan fingerprint density at radius 1 is 0.917 bits per heavy atom. The summed E-state index contributed by atoms with van der Waals surface area (Å²) < 4.78 is 45.4. The second-order valence-corrected chi connectivity index (χ2v) is 10.6. The predicted molar refractivity (Wildman–Crippen MR) is 136 cm³/mol. The molecule has 36 heavy (non-hydrogen) atoms. The number of aryl methyl sites for hydroxylation is 1. The molecule has 0 radical (unpaired) electrons. The van der Waals surface area contributed by atoms with E-state index in [-0.39, 0.29) is 23.5 Å². The number of aromatic nitrogens is 1. The summed E-state index contributed by atoms with van der Waals surface area (Å²) in [7, 11) is -2.44. The van der Waals surface area contributed by atoms with Crippen LogP contribution in [0, 0.1) is 6.92 Å². The fraction of sp³-hybridized carbons (Fsp3) is 0.222. The number of H-pyrrole nitrogens is 1. The van der Waals surface area contributed by atoms with Crippen LogP contribution in [-0.2, 0) is 23.1 Å². The lowest BCUT2D eigenvalue weighted by molar-refractivity contribution is 0.171. The maximum absolute atomic E-state index is 13.9. The molecule has 1 aliphatic rings. The summed E-state index contributed by atoms with van der Waals surface area (Å²) in [4.78, 5) is 15.8. The average Bonchev–Trinajstić information content (AvgIpc) is 2.89. The van der Waals surface area contributed by atoms with Gasteiger partial charge in [0.2, 0.25) is 10.0 Å². The second kappa shape index (κ2) is 9.67. The number of fused-ring (bicyclic) bond motifs is 2. The standard InChI is InChI=1S/C27H26N2O6S/c1-18-3-9-24-20(13-18)14-21(27(30)28-24)17-29(16-19-4-6-22(33-2)7-5-19)36(31,32)23-8-10-25-26(15-23)35-12-11-34-25/h3-10,13-15H,11-12,16-17H2,1-2H3,(H,28,30). The Bertz CT molecular complexity index is 1580. The van der Waals surface area contributed by atoms with E-state index in [0.717, 1.165) is 16.5 Å². The van der Waals surface area contributed by atoms with Gasteiger partial charge in [0.1, 0.15) is 19.0 Å². The van der Waals surface area contributed by atoms with Crippen LogP contribution in [0.3, 0.4) is 0 Å². The van der Waals surface area contributed by atoms with Crippen molar-refractivity contribution in [3.63, 3.8) is 0 Å². The number of nitrogens with one attached hydrogen (secondary N) is 1. The smallest absolute Gasteiger partial charge is 0.252 e. The first-order valence-corrected chi connectivity index (χ1v) is 12.9. The SMILES string of the molecule is COc1ccc(CN(Cc2cc3cc(C)ccc3[nH]c2=O)S(=O)(=O)c2ccc3c(c2)OCCO3)cc1. The zero-order chi connectivity index (χ0) is 25.3. The highest BCUT2D eigenvalue weighted by Gasteiger charge is 2.28. The summed E-state index contributed by atoms with van der Waals surface area (Å²) in [6.07, 6.45) is 0. The highest BCUT2D eigenvalue weighted by molar-refractivity contribution is 7.89. The highest BCUT2D eigenvalue weighted by atomic mass is 32.2. The molecule has 2 heterocycles. The zero-order valence-electron chi connectivity index (χ0n) is 20.0. The van der Waals surface area contributed by atoms with E-state index in [1.54, 1.807) is 43.5 Å². The molecular weight excluding hydrogens is 480 g/mol. The minimum atomic E-state index is -4.01. The van der Waals surface area contributed by atoms with E-state index < -0.39 is 10.0 Å². The van der Waals surface area contributed by atoms with Crippen LogP contribution < -0.4 is 19.8 Å². The van der Waals surface area contributed by atoms with Crippen molar-refractivity contribution in [2.24, 2.45) is 0 Å². The van der Waals surface area contributed by atoms with E-state index in [9.17, 15) is 13.2 Å². The molecule has 0 saturated heterocycles. The number of rotatable bonds is 7. The zero-order valence-corrected chi connectivity index (χ0v) is 20.8. The fourth-order valence-electron chi connectivity index (χ4n) is 4.17. The lowest BCUT2D eigenvalue weighted by Gasteiger charge is -2.24. The normalized spacial score (nSPS) is 13.2. The molecule has 0 aliphatic carbocycles. The summed E-state index contributed by atoms with van der Waals surface area (Å²) in [6.45, 7) is 2.67. The molecule has 186 valence electrons. The van der Waals surface area contributed by atoms with Crippen molar-refractivity contribution in [1.29, 1.82) is 0 Å². The monoisotopic (exact) mass is 506 g/mol. The van der Waals surface area contributed by atoms with Crippen LogP contribution in [0.5, 0.6) is 17.2 Å². The van der Waals surface area contributed by atoms with Crippen LogP contribution >= 0.6 is 0 Å². The Balaban J connectivity index is 1.56. The summed E-state index contributed by atoms with van der Waals surface area (Å²) in [6, 6.07) is 19.2. The van der Waals surface area contributed by atoms with Gasteiger partial charge in [-0.1, -0.05) is 23.8 Å². The number of methoxy groups -OCH3 is 1. The van der Waals surface area contributed by atoms with Crippen LogP contribution in [-0.4, -0.2) is 38.0 Å². The summed E-state index contributed by atoms with van der Waals surface area (Å²) in [5.74, 6) is 1.55. The molecule has 1 aromatic heterocycles. The van der Waals surface area contributed by atoms with Crippen molar-refractivity contribution < 1.29 is 22.6 Å². The molecule has 0 amide bonds. The van der Waals surface area contributed by atoms with E-state index in [0.29, 0.717) is 41.5 Å². The second-order valence-electron chi connectivity index (χ2n) is 8.64. The topological polar surface area (TPSA) is 97.9 Å². The van der Waals surface area contributed by atoms with E-state index in [2.05, 4.69) is 4.98 Å². The Morgan fingerprint density at radius 2 is 1.67 bits per heavy atom. The fourth-order valence-corrected chi connectivity index (χ4v) is 5.59. The molecule has 0 atom stereocenters. The van der Waals surface area contributed by atoms with Gasteiger partial charge in [0, 0.05) is 30.2 Å². The Hall–Kier alpha value is -3.82. The number of pyridine rings is 1. The number of hydrogen-bond donors (Lipinski definition) is 1. The quantitative estimate of drug-likeness (QED) is 0.407. The maximum Gasteiger partial charge on any atom is 0.252 e. The first kappa shape index (κ1) is 23.9. The highest BCUT2D eigenvalue weighted by Crippen LogP contribution is 2.34. The summed E-state index contributed by atoms with van der Waals surface area (Å²) in [5.41, 5.74) is 2.52. The molecule has 0 saturated carbocycles. The van der Waals surface area contributed by atoms with Gasteiger partial charge in [-0.05, 0) is 60.3 Å².